The van der Waals surface area contributed by atoms with Crippen LogP contribution in [-0.2, 0) is 0 Å². The fourth-order valence-corrected chi connectivity index (χ4v) is 1.94. The standard InChI is InChI=1S/C11H23N3/c1-4-5-12-6-7-14-9-8-13(3)10-11(14)2/h4,11-12H,1,5-10H2,2-3H3. The Morgan fingerprint density at radius 1 is 1.50 bits per heavy atom. The molecule has 1 N–H and O–H groups in total. The van der Waals surface area contributed by atoms with Crippen molar-refractivity contribution >= 4 is 0 Å². The summed E-state index contributed by atoms with van der Waals surface area (Å²) in [5.74, 6) is 0. The molecule has 0 aromatic carbocycles. The SMILES string of the molecule is C=CCNCCN1CCN(C)CC1C. The Morgan fingerprint density at radius 2 is 2.29 bits per heavy atom. The van der Waals surface area contributed by atoms with Crippen LogP contribution >= 0.6 is 0 Å². The second-order valence-corrected chi connectivity index (χ2v) is 4.14. The Hall–Kier alpha value is -0.380. The van der Waals surface area contributed by atoms with Gasteiger partial charge in [0.1, 0.15) is 0 Å². The van der Waals surface area contributed by atoms with Gasteiger partial charge in [0, 0.05) is 45.3 Å². The molecule has 0 amide bonds. The number of hydrogen-bond donors (Lipinski definition) is 1. The molecule has 82 valence electrons. The van der Waals surface area contributed by atoms with Crippen LogP contribution in [0.1, 0.15) is 6.92 Å². The summed E-state index contributed by atoms with van der Waals surface area (Å²) in [5, 5.41) is 3.34. The minimum absolute atomic E-state index is 0.694. The van der Waals surface area contributed by atoms with Gasteiger partial charge in [0.25, 0.3) is 0 Å². The fourth-order valence-electron chi connectivity index (χ4n) is 1.94. The highest BCUT2D eigenvalue weighted by atomic mass is 15.3. The van der Waals surface area contributed by atoms with Crippen molar-refractivity contribution in [3.05, 3.63) is 12.7 Å². The highest BCUT2D eigenvalue weighted by Crippen LogP contribution is 2.06. The highest BCUT2D eigenvalue weighted by Gasteiger charge is 2.20. The van der Waals surface area contributed by atoms with Gasteiger partial charge in [-0.15, -0.1) is 6.58 Å². The van der Waals surface area contributed by atoms with Gasteiger partial charge in [-0.2, -0.15) is 0 Å². The molecule has 0 aromatic rings. The lowest BCUT2D eigenvalue weighted by Gasteiger charge is -2.38. The maximum absolute atomic E-state index is 3.69. The maximum Gasteiger partial charge on any atom is 0.0195 e. The van der Waals surface area contributed by atoms with E-state index in [1.165, 1.54) is 19.6 Å². The number of likely N-dealkylation sites (N-methyl/N-ethyl adjacent to an activating group) is 1. The molecule has 0 aromatic heterocycles. The molecule has 1 aliphatic heterocycles. The van der Waals surface area contributed by atoms with Crippen LogP contribution in [0.15, 0.2) is 12.7 Å². The van der Waals surface area contributed by atoms with E-state index >= 15 is 0 Å². The molecule has 1 fully saturated rings. The normalized spacial score (nSPS) is 25.1. The molecular formula is C11H23N3. The average molecular weight is 197 g/mol. The van der Waals surface area contributed by atoms with Crippen molar-refractivity contribution in [3.8, 4) is 0 Å². The number of rotatable bonds is 5. The Balaban J connectivity index is 2.14. The molecule has 0 saturated carbocycles. The van der Waals surface area contributed by atoms with Gasteiger partial charge in [0.2, 0.25) is 0 Å². The third kappa shape index (κ3) is 3.78. The first-order chi connectivity index (χ1) is 6.74. The van der Waals surface area contributed by atoms with E-state index in [0.29, 0.717) is 6.04 Å². The van der Waals surface area contributed by atoms with Crippen molar-refractivity contribution in [2.75, 3.05) is 46.3 Å². The van der Waals surface area contributed by atoms with E-state index in [1.54, 1.807) is 0 Å². The smallest absolute Gasteiger partial charge is 0.0195 e. The summed E-state index contributed by atoms with van der Waals surface area (Å²) in [7, 11) is 2.20. The predicted molar refractivity (Wildman–Crippen MR) is 61.6 cm³/mol. The minimum Gasteiger partial charge on any atom is -0.312 e. The molecule has 0 radical (unpaired) electrons. The van der Waals surface area contributed by atoms with E-state index in [4.69, 9.17) is 0 Å². The molecule has 1 rings (SSSR count). The Morgan fingerprint density at radius 3 is 2.93 bits per heavy atom. The lowest BCUT2D eigenvalue weighted by Crippen LogP contribution is -2.51. The van der Waals surface area contributed by atoms with Gasteiger partial charge < -0.3 is 10.2 Å². The lowest BCUT2D eigenvalue weighted by atomic mass is 10.2. The molecule has 3 nitrogen and oxygen atoms in total. The van der Waals surface area contributed by atoms with Crippen molar-refractivity contribution in [3.63, 3.8) is 0 Å². The summed E-state index contributed by atoms with van der Waals surface area (Å²) in [5.41, 5.74) is 0. The van der Waals surface area contributed by atoms with Gasteiger partial charge in [-0.25, -0.2) is 0 Å². The van der Waals surface area contributed by atoms with Gasteiger partial charge in [-0.3, -0.25) is 4.90 Å². The zero-order valence-corrected chi connectivity index (χ0v) is 9.50. The van der Waals surface area contributed by atoms with E-state index in [2.05, 4.69) is 35.7 Å². The van der Waals surface area contributed by atoms with Crippen LogP contribution in [0.2, 0.25) is 0 Å². The second-order valence-electron chi connectivity index (χ2n) is 4.14. The van der Waals surface area contributed by atoms with E-state index in [9.17, 15) is 0 Å². The fraction of sp³-hybridized carbons (Fsp3) is 0.818. The molecular weight excluding hydrogens is 174 g/mol. The van der Waals surface area contributed by atoms with Crippen LogP contribution in [0.3, 0.4) is 0 Å². The molecule has 1 saturated heterocycles. The molecule has 1 atom stereocenters. The van der Waals surface area contributed by atoms with E-state index < -0.39 is 0 Å². The van der Waals surface area contributed by atoms with Crippen molar-refractivity contribution in [2.45, 2.75) is 13.0 Å². The first-order valence-electron chi connectivity index (χ1n) is 5.48. The average Bonchev–Trinajstić information content (AvgIpc) is 2.15. The first kappa shape index (κ1) is 11.7. The lowest BCUT2D eigenvalue weighted by molar-refractivity contribution is 0.101. The van der Waals surface area contributed by atoms with Crippen molar-refractivity contribution < 1.29 is 0 Å². The third-order valence-corrected chi connectivity index (χ3v) is 2.83. The quantitative estimate of drug-likeness (QED) is 0.508. The summed E-state index contributed by atoms with van der Waals surface area (Å²) in [6.07, 6.45) is 1.91. The minimum atomic E-state index is 0.694. The van der Waals surface area contributed by atoms with Crippen LogP contribution in [-0.4, -0.2) is 62.2 Å². The number of nitrogens with zero attached hydrogens (tertiary/aromatic N) is 2. The molecule has 0 bridgehead atoms. The maximum atomic E-state index is 3.69. The number of piperazine rings is 1. The van der Waals surface area contributed by atoms with E-state index in [-0.39, 0.29) is 0 Å². The molecule has 1 heterocycles. The first-order valence-corrected chi connectivity index (χ1v) is 5.48. The van der Waals surface area contributed by atoms with Gasteiger partial charge in [0.05, 0.1) is 0 Å². The summed E-state index contributed by atoms with van der Waals surface area (Å²) >= 11 is 0. The monoisotopic (exact) mass is 197 g/mol. The Labute approximate surface area is 87.8 Å². The topological polar surface area (TPSA) is 18.5 Å². The van der Waals surface area contributed by atoms with Crippen LogP contribution < -0.4 is 5.32 Å². The zero-order chi connectivity index (χ0) is 10.4. The summed E-state index contributed by atoms with van der Waals surface area (Å²) < 4.78 is 0. The zero-order valence-electron chi connectivity index (χ0n) is 9.50. The van der Waals surface area contributed by atoms with Gasteiger partial charge >= 0.3 is 0 Å². The molecule has 0 spiro atoms. The van der Waals surface area contributed by atoms with E-state index in [0.717, 1.165) is 19.6 Å². The third-order valence-electron chi connectivity index (χ3n) is 2.83. The second kappa shape index (κ2) is 6.17. The summed E-state index contributed by atoms with van der Waals surface area (Å²) in [6, 6.07) is 0.694. The number of hydrogen-bond acceptors (Lipinski definition) is 3. The summed E-state index contributed by atoms with van der Waals surface area (Å²) in [6.45, 7) is 12.7. The largest absolute Gasteiger partial charge is 0.312 e. The number of nitrogens with one attached hydrogen (secondary N) is 1. The van der Waals surface area contributed by atoms with Crippen LogP contribution in [0, 0.1) is 0 Å². The molecule has 0 aliphatic carbocycles. The summed E-state index contributed by atoms with van der Waals surface area (Å²) in [4.78, 5) is 4.95. The Kier molecular flexibility index (Phi) is 5.15. The van der Waals surface area contributed by atoms with Crippen LogP contribution in [0.5, 0.6) is 0 Å². The van der Waals surface area contributed by atoms with Crippen molar-refractivity contribution in [1.29, 1.82) is 0 Å². The molecule has 14 heavy (non-hydrogen) atoms. The molecule has 1 unspecified atom stereocenters. The van der Waals surface area contributed by atoms with E-state index in [1.807, 2.05) is 6.08 Å². The van der Waals surface area contributed by atoms with Gasteiger partial charge in [0.15, 0.2) is 0 Å². The predicted octanol–water partition coefficient (Wildman–Crippen LogP) is 0.398. The van der Waals surface area contributed by atoms with Crippen LogP contribution in [0.25, 0.3) is 0 Å². The van der Waals surface area contributed by atoms with Crippen LogP contribution in [0.4, 0.5) is 0 Å². The van der Waals surface area contributed by atoms with Gasteiger partial charge in [-0.1, -0.05) is 6.08 Å². The molecule has 1 aliphatic rings. The van der Waals surface area contributed by atoms with Crippen molar-refractivity contribution in [1.82, 2.24) is 15.1 Å². The molecule has 3 heteroatoms. The Bertz CT molecular complexity index is 170. The highest BCUT2D eigenvalue weighted by molar-refractivity contribution is 4.78. The van der Waals surface area contributed by atoms with Gasteiger partial charge in [-0.05, 0) is 14.0 Å². The van der Waals surface area contributed by atoms with Crippen molar-refractivity contribution in [2.24, 2.45) is 0 Å².